The van der Waals surface area contributed by atoms with E-state index in [1.807, 2.05) is 0 Å². The highest BCUT2D eigenvalue weighted by Gasteiger charge is 2.35. The Kier molecular flexibility index (Phi) is 6.55. The molecule has 129 valence electrons. The Labute approximate surface area is 140 Å². The second kappa shape index (κ2) is 7.42. The SMILES string of the molecule is CC(C)(O)C(C)(C)O[B]c1cc(Cl)cc(COCC(F)(F)F)c1. The number of alkyl halides is 3. The van der Waals surface area contributed by atoms with E-state index in [4.69, 9.17) is 16.3 Å². The van der Waals surface area contributed by atoms with Gasteiger partial charge in [0.1, 0.15) is 6.61 Å². The lowest BCUT2D eigenvalue weighted by molar-refractivity contribution is -0.176. The average Bonchev–Trinajstić information content (AvgIpc) is 2.33. The van der Waals surface area contributed by atoms with Crippen molar-refractivity contribution in [2.75, 3.05) is 6.61 Å². The second-order valence-corrected chi connectivity index (χ2v) is 6.74. The maximum atomic E-state index is 12.1. The lowest BCUT2D eigenvalue weighted by Gasteiger charge is -2.37. The minimum Gasteiger partial charge on any atom is -0.427 e. The van der Waals surface area contributed by atoms with Gasteiger partial charge in [-0.2, -0.15) is 13.2 Å². The van der Waals surface area contributed by atoms with Crippen LogP contribution in [0.4, 0.5) is 13.2 Å². The number of hydrogen-bond donors (Lipinski definition) is 1. The third-order valence-electron chi connectivity index (χ3n) is 3.48. The van der Waals surface area contributed by atoms with Crippen molar-refractivity contribution >= 4 is 24.5 Å². The molecule has 1 N–H and O–H groups in total. The topological polar surface area (TPSA) is 38.7 Å². The predicted octanol–water partition coefficient (Wildman–Crippen LogP) is 3.23. The van der Waals surface area contributed by atoms with Crippen LogP contribution in [0.5, 0.6) is 0 Å². The van der Waals surface area contributed by atoms with Crippen LogP contribution < -0.4 is 5.46 Å². The molecule has 0 saturated carbocycles. The second-order valence-electron chi connectivity index (χ2n) is 6.31. The van der Waals surface area contributed by atoms with Gasteiger partial charge in [-0.1, -0.05) is 23.1 Å². The van der Waals surface area contributed by atoms with Gasteiger partial charge < -0.3 is 14.5 Å². The van der Waals surface area contributed by atoms with Crippen molar-refractivity contribution in [3.63, 3.8) is 0 Å². The van der Waals surface area contributed by atoms with Gasteiger partial charge in [0.05, 0.1) is 17.8 Å². The summed E-state index contributed by atoms with van der Waals surface area (Å²) in [5.74, 6) is 0. The van der Waals surface area contributed by atoms with Gasteiger partial charge in [-0.05, 0) is 45.4 Å². The number of benzene rings is 1. The standard InChI is InChI=1S/C15H20BClF3O3/c1-13(2,21)14(3,4)23-16-11-5-10(6-12(17)7-11)8-22-9-15(18,19)20/h5-7,21H,8-9H2,1-4H3. The van der Waals surface area contributed by atoms with Crippen LogP contribution in [0.2, 0.25) is 5.02 Å². The zero-order valence-electron chi connectivity index (χ0n) is 13.5. The lowest BCUT2D eigenvalue weighted by Crippen LogP contribution is -2.49. The molecule has 0 aliphatic carbocycles. The van der Waals surface area contributed by atoms with Gasteiger partial charge in [-0.25, -0.2) is 0 Å². The first-order chi connectivity index (χ1) is 10.3. The van der Waals surface area contributed by atoms with E-state index in [1.54, 1.807) is 39.8 Å². The van der Waals surface area contributed by atoms with E-state index in [0.29, 0.717) is 16.0 Å². The average molecular weight is 352 g/mol. The summed E-state index contributed by atoms with van der Waals surface area (Å²) in [6, 6.07) is 4.74. The Hall–Kier alpha value is -0.755. The van der Waals surface area contributed by atoms with Crippen molar-refractivity contribution in [3.05, 3.63) is 28.8 Å². The first-order valence-corrected chi connectivity index (χ1v) is 7.35. The van der Waals surface area contributed by atoms with Gasteiger partial charge in [0, 0.05) is 5.02 Å². The van der Waals surface area contributed by atoms with Gasteiger partial charge in [-0.15, -0.1) is 0 Å². The number of halogens is 4. The van der Waals surface area contributed by atoms with Crippen LogP contribution in [-0.4, -0.2) is 36.6 Å². The molecule has 0 atom stereocenters. The van der Waals surface area contributed by atoms with Crippen molar-refractivity contribution in [1.29, 1.82) is 0 Å². The molecule has 0 amide bonds. The molecule has 1 radical (unpaired) electrons. The third-order valence-corrected chi connectivity index (χ3v) is 3.70. The molecule has 23 heavy (non-hydrogen) atoms. The van der Waals surface area contributed by atoms with Crippen molar-refractivity contribution in [2.45, 2.75) is 51.7 Å². The van der Waals surface area contributed by atoms with Crippen molar-refractivity contribution < 1.29 is 27.7 Å². The van der Waals surface area contributed by atoms with Crippen LogP contribution in [0.25, 0.3) is 0 Å². The summed E-state index contributed by atoms with van der Waals surface area (Å²) in [5.41, 5.74) is -0.874. The van der Waals surface area contributed by atoms with Crippen LogP contribution in [0.1, 0.15) is 33.3 Å². The Morgan fingerprint density at radius 2 is 1.74 bits per heavy atom. The van der Waals surface area contributed by atoms with E-state index in [-0.39, 0.29) is 6.61 Å². The Bertz CT molecular complexity index is 528. The maximum absolute atomic E-state index is 12.1. The highest BCUT2D eigenvalue weighted by molar-refractivity contribution is 6.48. The summed E-state index contributed by atoms with van der Waals surface area (Å²) in [4.78, 5) is 0. The molecule has 0 heterocycles. The summed E-state index contributed by atoms with van der Waals surface area (Å²) >= 11 is 5.96. The normalized spacial score (nSPS) is 13.3. The van der Waals surface area contributed by atoms with Crippen LogP contribution >= 0.6 is 11.6 Å². The summed E-state index contributed by atoms with van der Waals surface area (Å²) in [7, 11) is 1.41. The molecule has 3 nitrogen and oxygen atoms in total. The number of aliphatic hydroxyl groups is 1. The molecular formula is C15H20BClF3O3. The number of ether oxygens (including phenoxy) is 1. The fourth-order valence-corrected chi connectivity index (χ4v) is 1.74. The highest BCUT2D eigenvalue weighted by atomic mass is 35.5. The first kappa shape index (κ1) is 20.3. The minimum absolute atomic E-state index is 0.213. The molecule has 0 fully saturated rings. The van der Waals surface area contributed by atoms with Gasteiger partial charge in [0.25, 0.3) is 0 Å². The van der Waals surface area contributed by atoms with E-state index < -0.39 is 24.0 Å². The number of rotatable bonds is 7. The molecule has 0 aliphatic rings. The first-order valence-electron chi connectivity index (χ1n) is 6.97. The van der Waals surface area contributed by atoms with Crippen LogP contribution in [0.3, 0.4) is 0 Å². The molecule has 0 saturated heterocycles. The molecule has 0 aliphatic heterocycles. The minimum atomic E-state index is -4.37. The Morgan fingerprint density at radius 1 is 1.13 bits per heavy atom. The van der Waals surface area contributed by atoms with Crippen molar-refractivity contribution in [3.8, 4) is 0 Å². The van der Waals surface area contributed by atoms with Crippen LogP contribution in [-0.2, 0) is 16.0 Å². The fourth-order valence-electron chi connectivity index (χ4n) is 1.47. The molecule has 0 spiro atoms. The fraction of sp³-hybridized carbons (Fsp3) is 0.600. The smallest absolute Gasteiger partial charge is 0.411 e. The zero-order valence-corrected chi connectivity index (χ0v) is 14.3. The van der Waals surface area contributed by atoms with Crippen molar-refractivity contribution in [1.82, 2.24) is 0 Å². The van der Waals surface area contributed by atoms with Gasteiger partial charge in [0.2, 0.25) is 0 Å². The molecule has 0 unspecified atom stereocenters. The van der Waals surface area contributed by atoms with E-state index in [1.165, 1.54) is 13.5 Å². The third kappa shape index (κ3) is 7.12. The molecule has 1 rings (SSSR count). The number of hydrogen-bond acceptors (Lipinski definition) is 3. The van der Waals surface area contributed by atoms with Crippen molar-refractivity contribution in [2.24, 2.45) is 0 Å². The van der Waals surface area contributed by atoms with Gasteiger partial charge in [-0.3, -0.25) is 0 Å². The zero-order chi connectivity index (χ0) is 17.9. The summed E-state index contributed by atoms with van der Waals surface area (Å²) in [6.07, 6.45) is -4.37. The van der Waals surface area contributed by atoms with E-state index in [9.17, 15) is 18.3 Å². The van der Waals surface area contributed by atoms with Gasteiger partial charge in [0.15, 0.2) is 0 Å². The van der Waals surface area contributed by atoms with Gasteiger partial charge >= 0.3 is 13.7 Å². The maximum Gasteiger partial charge on any atom is 0.411 e. The summed E-state index contributed by atoms with van der Waals surface area (Å²) in [6.45, 7) is 5.16. The van der Waals surface area contributed by atoms with E-state index in [0.717, 1.165) is 0 Å². The van der Waals surface area contributed by atoms with E-state index in [2.05, 4.69) is 4.74 Å². The lowest BCUT2D eigenvalue weighted by atomic mass is 9.82. The quantitative estimate of drug-likeness (QED) is 0.767. The molecule has 1 aromatic rings. The molecule has 0 bridgehead atoms. The van der Waals surface area contributed by atoms with E-state index >= 15 is 0 Å². The van der Waals surface area contributed by atoms with Crippen LogP contribution in [0.15, 0.2) is 18.2 Å². The predicted molar refractivity (Wildman–Crippen MR) is 84.0 cm³/mol. The Morgan fingerprint density at radius 3 is 2.26 bits per heavy atom. The highest BCUT2D eigenvalue weighted by Crippen LogP contribution is 2.24. The summed E-state index contributed by atoms with van der Waals surface area (Å²) in [5, 5.41) is 10.4. The Balaban J connectivity index is 2.70. The molecule has 1 aromatic carbocycles. The monoisotopic (exact) mass is 351 g/mol. The largest absolute Gasteiger partial charge is 0.427 e. The summed E-state index contributed by atoms with van der Waals surface area (Å²) < 4.78 is 46.4. The molecular weight excluding hydrogens is 331 g/mol. The van der Waals surface area contributed by atoms with Crippen LogP contribution in [0, 0.1) is 0 Å². The molecule has 8 heteroatoms. The molecule has 0 aromatic heterocycles.